The first-order valence-electron chi connectivity index (χ1n) is 6.25. The monoisotopic (exact) mass is 249 g/mol. The highest BCUT2D eigenvalue weighted by Gasteiger charge is 2.34. The minimum Gasteiger partial charge on any atom is -0.447 e. The fraction of sp³-hybridized carbons (Fsp3) is 0.500. The molecule has 4 heteroatoms. The molecule has 0 N–H and O–H groups in total. The fourth-order valence-corrected chi connectivity index (χ4v) is 2.12. The maximum Gasteiger partial charge on any atom is 0.410 e. The van der Waals surface area contributed by atoms with E-state index in [0.29, 0.717) is 19.8 Å². The topological polar surface area (TPSA) is 38.8 Å². The van der Waals surface area contributed by atoms with Crippen LogP contribution in [0.1, 0.15) is 19.4 Å². The Kier molecular flexibility index (Phi) is 4.20. The summed E-state index contributed by atoms with van der Waals surface area (Å²) in [4.78, 5) is 13.2. The van der Waals surface area contributed by atoms with Gasteiger partial charge in [0, 0.05) is 6.04 Å². The third-order valence-electron chi connectivity index (χ3n) is 2.98. The lowest BCUT2D eigenvalue weighted by Gasteiger charge is -2.24. The molecule has 0 radical (unpaired) electrons. The Labute approximate surface area is 107 Å². The molecule has 18 heavy (non-hydrogen) atoms. The van der Waals surface area contributed by atoms with Crippen LogP contribution in [0, 0.1) is 0 Å². The summed E-state index contributed by atoms with van der Waals surface area (Å²) in [6.07, 6.45) is -0.238. The Bertz CT molecular complexity index is 391. The number of nitrogens with zero attached hydrogens (tertiary/aromatic N) is 1. The van der Waals surface area contributed by atoms with E-state index < -0.39 is 0 Å². The van der Waals surface area contributed by atoms with E-state index in [1.807, 2.05) is 44.2 Å². The molecule has 2 rings (SSSR count). The van der Waals surface area contributed by atoms with Crippen molar-refractivity contribution in [2.75, 3.05) is 13.2 Å². The van der Waals surface area contributed by atoms with Gasteiger partial charge in [-0.2, -0.15) is 0 Å². The Morgan fingerprint density at radius 2 is 2.11 bits per heavy atom. The standard InChI is InChI=1S/C14H19NO3/c1-11(2)15-13(10-18-14(15)16)9-17-8-12-6-4-3-5-7-12/h3-7,11,13H,8-10H2,1-2H3. The van der Waals surface area contributed by atoms with Gasteiger partial charge in [-0.15, -0.1) is 0 Å². The maximum atomic E-state index is 11.5. The zero-order valence-corrected chi connectivity index (χ0v) is 10.8. The Hall–Kier alpha value is -1.55. The number of ether oxygens (including phenoxy) is 2. The van der Waals surface area contributed by atoms with Crippen molar-refractivity contribution in [1.29, 1.82) is 0 Å². The van der Waals surface area contributed by atoms with Gasteiger partial charge in [-0.05, 0) is 19.4 Å². The van der Waals surface area contributed by atoms with Crippen LogP contribution >= 0.6 is 0 Å². The van der Waals surface area contributed by atoms with Crippen molar-refractivity contribution < 1.29 is 14.3 Å². The fourth-order valence-electron chi connectivity index (χ4n) is 2.12. The quantitative estimate of drug-likeness (QED) is 0.804. The molecule has 1 saturated heterocycles. The van der Waals surface area contributed by atoms with Gasteiger partial charge in [-0.25, -0.2) is 4.79 Å². The Morgan fingerprint density at radius 1 is 1.39 bits per heavy atom. The van der Waals surface area contributed by atoms with Gasteiger partial charge in [0.15, 0.2) is 0 Å². The van der Waals surface area contributed by atoms with Crippen LogP contribution < -0.4 is 0 Å². The van der Waals surface area contributed by atoms with Crippen molar-refractivity contribution >= 4 is 6.09 Å². The molecule has 0 bridgehead atoms. The van der Waals surface area contributed by atoms with Gasteiger partial charge in [0.25, 0.3) is 0 Å². The molecule has 1 heterocycles. The second-order valence-electron chi connectivity index (χ2n) is 4.73. The third kappa shape index (κ3) is 3.01. The molecule has 0 spiro atoms. The molecular formula is C14H19NO3. The summed E-state index contributed by atoms with van der Waals surface area (Å²) in [6, 6.07) is 10.2. The predicted molar refractivity (Wildman–Crippen MR) is 68.2 cm³/mol. The summed E-state index contributed by atoms with van der Waals surface area (Å²) >= 11 is 0. The van der Waals surface area contributed by atoms with Crippen molar-refractivity contribution in [3.05, 3.63) is 35.9 Å². The number of cyclic esters (lactones) is 1. The van der Waals surface area contributed by atoms with Gasteiger partial charge in [-0.3, -0.25) is 4.90 Å². The van der Waals surface area contributed by atoms with Crippen molar-refractivity contribution in [3.63, 3.8) is 0 Å². The summed E-state index contributed by atoms with van der Waals surface area (Å²) < 4.78 is 10.7. The van der Waals surface area contributed by atoms with Crippen molar-refractivity contribution in [1.82, 2.24) is 4.90 Å². The van der Waals surface area contributed by atoms with Crippen molar-refractivity contribution in [2.45, 2.75) is 32.5 Å². The van der Waals surface area contributed by atoms with Crippen molar-refractivity contribution in [3.8, 4) is 0 Å². The molecule has 1 aromatic carbocycles. The first-order chi connectivity index (χ1) is 8.68. The van der Waals surface area contributed by atoms with Gasteiger partial charge < -0.3 is 9.47 Å². The van der Waals surface area contributed by atoms with Gasteiger partial charge in [0.1, 0.15) is 6.61 Å². The molecule has 0 aromatic heterocycles. The number of amides is 1. The van der Waals surface area contributed by atoms with E-state index in [4.69, 9.17) is 9.47 Å². The molecule has 1 unspecified atom stereocenters. The van der Waals surface area contributed by atoms with E-state index in [1.165, 1.54) is 0 Å². The molecule has 0 saturated carbocycles. The van der Waals surface area contributed by atoms with E-state index in [1.54, 1.807) is 4.90 Å². The zero-order chi connectivity index (χ0) is 13.0. The van der Waals surface area contributed by atoms with Crippen LogP contribution in [0.15, 0.2) is 30.3 Å². The number of carbonyl (C=O) groups excluding carboxylic acids is 1. The van der Waals surface area contributed by atoms with Gasteiger partial charge in [0.2, 0.25) is 0 Å². The number of benzene rings is 1. The lowest BCUT2D eigenvalue weighted by atomic mass is 10.2. The summed E-state index contributed by atoms with van der Waals surface area (Å²) in [6.45, 7) is 5.47. The van der Waals surface area contributed by atoms with E-state index in [9.17, 15) is 4.79 Å². The number of hydrogen-bond donors (Lipinski definition) is 0. The lowest BCUT2D eigenvalue weighted by Crippen LogP contribution is -2.41. The molecule has 98 valence electrons. The highest BCUT2D eigenvalue weighted by molar-refractivity contribution is 5.70. The van der Waals surface area contributed by atoms with E-state index in [2.05, 4.69) is 0 Å². The van der Waals surface area contributed by atoms with E-state index in [0.717, 1.165) is 5.56 Å². The number of rotatable bonds is 5. The van der Waals surface area contributed by atoms with E-state index in [-0.39, 0.29) is 18.2 Å². The second kappa shape index (κ2) is 5.87. The van der Waals surface area contributed by atoms with E-state index >= 15 is 0 Å². The summed E-state index contributed by atoms with van der Waals surface area (Å²) in [5.41, 5.74) is 1.14. The van der Waals surface area contributed by atoms with Crippen LogP contribution in [0.4, 0.5) is 4.79 Å². The van der Waals surface area contributed by atoms with Gasteiger partial charge >= 0.3 is 6.09 Å². The van der Waals surface area contributed by atoms with Gasteiger partial charge in [-0.1, -0.05) is 30.3 Å². The van der Waals surface area contributed by atoms with Crippen LogP contribution in [0.2, 0.25) is 0 Å². The third-order valence-corrected chi connectivity index (χ3v) is 2.98. The molecular weight excluding hydrogens is 230 g/mol. The van der Waals surface area contributed by atoms with Crippen LogP contribution in [0.25, 0.3) is 0 Å². The highest BCUT2D eigenvalue weighted by atomic mass is 16.6. The molecule has 1 atom stereocenters. The number of hydrogen-bond acceptors (Lipinski definition) is 3. The van der Waals surface area contributed by atoms with Crippen LogP contribution in [0.5, 0.6) is 0 Å². The smallest absolute Gasteiger partial charge is 0.410 e. The minimum absolute atomic E-state index is 0.0289. The molecule has 0 aliphatic carbocycles. The summed E-state index contributed by atoms with van der Waals surface area (Å²) in [5, 5.41) is 0. The second-order valence-corrected chi connectivity index (χ2v) is 4.73. The average molecular weight is 249 g/mol. The molecule has 1 aliphatic rings. The molecule has 4 nitrogen and oxygen atoms in total. The molecule has 1 fully saturated rings. The molecule has 1 amide bonds. The zero-order valence-electron chi connectivity index (χ0n) is 10.8. The minimum atomic E-state index is -0.238. The van der Waals surface area contributed by atoms with Crippen molar-refractivity contribution in [2.24, 2.45) is 0 Å². The Morgan fingerprint density at radius 3 is 2.78 bits per heavy atom. The van der Waals surface area contributed by atoms with Crippen LogP contribution in [-0.2, 0) is 16.1 Å². The molecule has 1 aliphatic heterocycles. The normalized spacial score (nSPS) is 19.4. The predicted octanol–water partition coefficient (Wildman–Crippen LogP) is 2.43. The summed E-state index contributed by atoms with van der Waals surface area (Å²) in [5.74, 6) is 0. The largest absolute Gasteiger partial charge is 0.447 e. The highest BCUT2D eigenvalue weighted by Crippen LogP contribution is 2.16. The average Bonchev–Trinajstić information content (AvgIpc) is 2.72. The number of carbonyl (C=O) groups is 1. The molecule has 1 aromatic rings. The van der Waals surface area contributed by atoms with Crippen LogP contribution in [-0.4, -0.2) is 36.3 Å². The lowest BCUT2D eigenvalue weighted by molar-refractivity contribution is 0.0683. The maximum absolute atomic E-state index is 11.5. The van der Waals surface area contributed by atoms with Crippen LogP contribution in [0.3, 0.4) is 0 Å². The SMILES string of the molecule is CC(C)N1C(=O)OCC1COCc1ccccc1. The van der Waals surface area contributed by atoms with Gasteiger partial charge in [0.05, 0.1) is 19.3 Å². The Balaban J connectivity index is 1.81. The first-order valence-corrected chi connectivity index (χ1v) is 6.25. The first kappa shape index (κ1) is 12.9. The summed E-state index contributed by atoms with van der Waals surface area (Å²) in [7, 11) is 0.